The number of aromatic nitrogens is 1. The summed E-state index contributed by atoms with van der Waals surface area (Å²) in [6, 6.07) is 17.5. The molecule has 0 aliphatic carbocycles. The van der Waals surface area contributed by atoms with Crippen molar-refractivity contribution in [1.29, 1.82) is 0 Å². The average molecular weight is 557 g/mol. The molecule has 2 nitrogen and oxygen atoms in total. The van der Waals surface area contributed by atoms with E-state index >= 15 is 0 Å². The summed E-state index contributed by atoms with van der Waals surface area (Å²) in [5.41, 5.74) is 5.98. The third-order valence-corrected chi connectivity index (χ3v) is 7.12. The number of halogens is 2. The molecular formula is C28H31Br2NO. The van der Waals surface area contributed by atoms with Gasteiger partial charge in [0.2, 0.25) is 0 Å². The highest BCUT2D eigenvalue weighted by molar-refractivity contribution is 9.10. The van der Waals surface area contributed by atoms with Crippen LogP contribution in [0.1, 0.15) is 56.6 Å². The Hall–Kier alpha value is -1.78. The molecule has 4 aromatic rings. The van der Waals surface area contributed by atoms with Crippen LogP contribution in [0, 0.1) is 13.8 Å². The summed E-state index contributed by atoms with van der Waals surface area (Å²) in [6.07, 6.45) is 7.67. The Morgan fingerprint density at radius 3 is 1.81 bits per heavy atom. The highest BCUT2D eigenvalue weighted by atomic mass is 79.9. The zero-order valence-corrected chi connectivity index (χ0v) is 22.4. The highest BCUT2D eigenvalue weighted by Crippen LogP contribution is 2.37. The Labute approximate surface area is 208 Å². The molecule has 168 valence electrons. The van der Waals surface area contributed by atoms with Crippen molar-refractivity contribution in [2.75, 3.05) is 6.61 Å². The van der Waals surface area contributed by atoms with Gasteiger partial charge >= 0.3 is 0 Å². The third-order valence-electron chi connectivity index (χ3n) is 6.14. The second-order valence-electron chi connectivity index (χ2n) is 8.68. The lowest BCUT2D eigenvalue weighted by Crippen LogP contribution is -2.03. The van der Waals surface area contributed by atoms with Crippen molar-refractivity contribution in [1.82, 2.24) is 4.57 Å². The Bertz CT molecular complexity index is 1160. The molecule has 0 bridgehead atoms. The first-order valence-corrected chi connectivity index (χ1v) is 13.2. The second kappa shape index (κ2) is 10.4. The fraction of sp³-hybridized carbons (Fsp3) is 0.357. The van der Waals surface area contributed by atoms with E-state index in [0.717, 1.165) is 27.7 Å². The molecule has 0 unspecified atom stereocenters. The van der Waals surface area contributed by atoms with Gasteiger partial charge in [-0.3, -0.25) is 0 Å². The molecular weight excluding hydrogens is 526 g/mol. The maximum Gasteiger partial charge on any atom is 0.125 e. The molecule has 0 radical (unpaired) electrons. The maximum atomic E-state index is 6.23. The summed E-state index contributed by atoms with van der Waals surface area (Å²) in [5.74, 6) is 1.04. The van der Waals surface area contributed by atoms with E-state index in [4.69, 9.17) is 4.74 Å². The predicted molar refractivity (Wildman–Crippen MR) is 145 cm³/mol. The van der Waals surface area contributed by atoms with Crippen molar-refractivity contribution in [2.45, 2.75) is 59.3 Å². The molecule has 1 heterocycles. The Morgan fingerprint density at radius 1 is 0.719 bits per heavy atom. The third kappa shape index (κ3) is 4.92. The molecule has 0 saturated carbocycles. The monoisotopic (exact) mass is 555 g/mol. The first-order chi connectivity index (χ1) is 15.5. The Kier molecular flexibility index (Phi) is 7.63. The number of benzene rings is 3. The van der Waals surface area contributed by atoms with Crippen molar-refractivity contribution >= 4 is 53.7 Å². The smallest absolute Gasteiger partial charge is 0.125 e. The van der Waals surface area contributed by atoms with Gasteiger partial charge in [0.05, 0.1) is 17.6 Å². The van der Waals surface area contributed by atoms with Crippen LogP contribution >= 0.6 is 31.9 Å². The first-order valence-electron chi connectivity index (χ1n) is 11.6. The standard InChI is InChI=1S/C28H31Br2NO/c1-4-5-6-7-8-9-14-32-28-19(2)15-23(16-20(28)3)31-26-12-10-21(29)17-24(26)25-18-22(30)11-13-27(25)31/h10-13,15-18H,4-9,14H2,1-3H3. The van der Waals surface area contributed by atoms with E-state index in [-0.39, 0.29) is 0 Å². The lowest BCUT2D eigenvalue weighted by Gasteiger charge is -2.16. The minimum absolute atomic E-state index is 0.796. The molecule has 0 spiro atoms. The minimum atomic E-state index is 0.796. The molecule has 0 aliphatic rings. The zero-order valence-electron chi connectivity index (χ0n) is 19.2. The molecule has 4 rings (SSSR count). The maximum absolute atomic E-state index is 6.23. The van der Waals surface area contributed by atoms with Crippen LogP contribution in [0.25, 0.3) is 27.5 Å². The number of nitrogens with zero attached hydrogens (tertiary/aromatic N) is 1. The topological polar surface area (TPSA) is 14.2 Å². The molecule has 0 N–H and O–H groups in total. The lowest BCUT2D eigenvalue weighted by molar-refractivity contribution is 0.300. The molecule has 32 heavy (non-hydrogen) atoms. The molecule has 0 atom stereocenters. The Morgan fingerprint density at radius 2 is 1.25 bits per heavy atom. The van der Waals surface area contributed by atoms with Crippen LogP contribution in [0.15, 0.2) is 57.5 Å². The largest absolute Gasteiger partial charge is 0.493 e. The Balaban J connectivity index is 1.64. The van der Waals surface area contributed by atoms with E-state index in [9.17, 15) is 0 Å². The SMILES string of the molecule is CCCCCCCCOc1c(C)cc(-n2c3ccc(Br)cc3c3cc(Br)ccc32)cc1C. The van der Waals surface area contributed by atoms with Crippen molar-refractivity contribution in [3.63, 3.8) is 0 Å². The van der Waals surface area contributed by atoms with Crippen molar-refractivity contribution in [3.05, 3.63) is 68.6 Å². The average Bonchev–Trinajstić information content (AvgIpc) is 3.07. The van der Waals surface area contributed by atoms with Gasteiger partial charge < -0.3 is 9.30 Å². The quantitative estimate of drug-likeness (QED) is 0.187. The highest BCUT2D eigenvalue weighted by Gasteiger charge is 2.15. The summed E-state index contributed by atoms with van der Waals surface area (Å²) in [6.45, 7) is 7.38. The van der Waals surface area contributed by atoms with E-state index in [1.807, 2.05) is 0 Å². The molecule has 3 aromatic carbocycles. The van der Waals surface area contributed by atoms with E-state index < -0.39 is 0 Å². The minimum Gasteiger partial charge on any atom is -0.493 e. The summed E-state index contributed by atoms with van der Waals surface area (Å²) in [4.78, 5) is 0. The van der Waals surface area contributed by atoms with Gasteiger partial charge in [0.15, 0.2) is 0 Å². The van der Waals surface area contributed by atoms with E-state index in [0.29, 0.717) is 0 Å². The number of unbranched alkanes of at least 4 members (excludes halogenated alkanes) is 5. The number of hydrogen-bond donors (Lipinski definition) is 0. The van der Waals surface area contributed by atoms with Gasteiger partial charge in [-0.1, -0.05) is 70.9 Å². The van der Waals surface area contributed by atoms with Crippen molar-refractivity contribution in [2.24, 2.45) is 0 Å². The van der Waals surface area contributed by atoms with Crippen molar-refractivity contribution < 1.29 is 4.74 Å². The molecule has 0 aliphatic heterocycles. The first kappa shape index (κ1) is 23.4. The molecule has 0 saturated heterocycles. The van der Waals surface area contributed by atoms with Gasteiger partial charge in [-0.2, -0.15) is 0 Å². The fourth-order valence-corrected chi connectivity index (χ4v) is 5.31. The van der Waals surface area contributed by atoms with Crippen LogP contribution in [0.2, 0.25) is 0 Å². The molecule has 1 aromatic heterocycles. The predicted octanol–water partition coefficient (Wildman–Crippen LogP) is 9.66. The summed E-state index contributed by atoms with van der Waals surface area (Å²) in [7, 11) is 0. The van der Waals surface area contributed by atoms with Gasteiger partial charge in [0, 0.05) is 25.4 Å². The normalized spacial score (nSPS) is 11.5. The number of aryl methyl sites for hydroxylation is 2. The summed E-state index contributed by atoms with van der Waals surface area (Å²) in [5, 5.41) is 2.49. The van der Waals surface area contributed by atoms with Crippen LogP contribution < -0.4 is 4.74 Å². The van der Waals surface area contributed by atoms with Gasteiger partial charge in [-0.25, -0.2) is 0 Å². The van der Waals surface area contributed by atoms with Gasteiger partial charge in [0.25, 0.3) is 0 Å². The van der Waals surface area contributed by atoms with Crippen LogP contribution in [0.4, 0.5) is 0 Å². The van der Waals surface area contributed by atoms with Crippen LogP contribution in [-0.2, 0) is 0 Å². The van der Waals surface area contributed by atoms with E-state index in [2.05, 4.69) is 106 Å². The fourth-order valence-electron chi connectivity index (χ4n) is 4.59. The van der Waals surface area contributed by atoms with Crippen LogP contribution in [0.3, 0.4) is 0 Å². The van der Waals surface area contributed by atoms with Crippen LogP contribution in [0.5, 0.6) is 5.75 Å². The number of ether oxygens (including phenoxy) is 1. The summed E-state index contributed by atoms with van der Waals surface area (Å²) >= 11 is 7.29. The molecule has 0 amide bonds. The number of hydrogen-bond acceptors (Lipinski definition) is 1. The second-order valence-corrected chi connectivity index (χ2v) is 10.5. The zero-order chi connectivity index (χ0) is 22.7. The molecule has 0 fully saturated rings. The van der Waals surface area contributed by atoms with E-state index in [1.54, 1.807) is 0 Å². The van der Waals surface area contributed by atoms with Gasteiger partial charge in [0.1, 0.15) is 5.75 Å². The van der Waals surface area contributed by atoms with Gasteiger partial charge in [-0.15, -0.1) is 0 Å². The number of fused-ring (bicyclic) bond motifs is 3. The molecule has 4 heteroatoms. The van der Waals surface area contributed by atoms with Crippen molar-refractivity contribution in [3.8, 4) is 11.4 Å². The van der Waals surface area contributed by atoms with E-state index in [1.165, 1.54) is 70.7 Å². The number of rotatable bonds is 9. The lowest BCUT2D eigenvalue weighted by atomic mass is 10.1. The van der Waals surface area contributed by atoms with Gasteiger partial charge in [-0.05, 0) is 79.9 Å². The van der Waals surface area contributed by atoms with Crippen LogP contribution in [-0.4, -0.2) is 11.2 Å². The summed E-state index contributed by atoms with van der Waals surface area (Å²) < 4.78 is 10.8.